The van der Waals surface area contributed by atoms with Crippen molar-refractivity contribution >= 4 is 60.8 Å². The van der Waals surface area contributed by atoms with E-state index in [1.165, 1.54) is 16.7 Å². The molecule has 1 aliphatic carbocycles. The molecular weight excluding hydrogens is 669 g/mol. The van der Waals surface area contributed by atoms with Crippen LogP contribution < -0.4 is 16.3 Å². The number of nitriles is 1. The fourth-order valence-corrected chi connectivity index (χ4v) is 9.18. The number of thioether (sulfide) groups is 1. The first-order valence-corrected chi connectivity index (χ1v) is 17.2. The molecule has 2 fully saturated rings. The number of carbonyl (C=O) groups excluding carboxylic acids is 1. The molecule has 2 N–H and O–H groups in total. The van der Waals surface area contributed by atoms with Gasteiger partial charge in [-0.2, -0.15) is 23.4 Å². The molecule has 9 nitrogen and oxygen atoms in total. The Bertz CT molecular complexity index is 2110. The van der Waals surface area contributed by atoms with Crippen molar-refractivity contribution < 1.29 is 27.1 Å². The summed E-state index contributed by atoms with van der Waals surface area (Å²) in [6.07, 6.45) is -2.43. The van der Waals surface area contributed by atoms with E-state index >= 15 is 17.6 Å². The third-order valence-electron chi connectivity index (χ3n) is 9.06. The lowest BCUT2D eigenvalue weighted by Crippen LogP contribution is -2.58. The van der Waals surface area contributed by atoms with Gasteiger partial charge in [-0.05, 0) is 50.5 Å². The van der Waals surface area contributed by atoms with E-state index in [0.717, 1.165) is 48.1 Å². The van der Waals surface area contributed by atoms with Crippen LogP contribution >= 0.6 is 23.1 Å². The van der Waals surface area contributed by atoms with Crippen molar-refractivity contribution in [1.29, 1.82) is 5.26 Å². The number of nitrogens with zero attached hydrogens (tertiary/aromatic N) is 5. The lowest BCUT2D eigenvalue weighted by molar-refractivity contribution is -0.137. The Morgan fingerprint density at radius 3 is 2.52 bits per heavy atom. The van der Waals surface area contributed by atoms with Crippen LogP contribution in [-0.4, -0.2) is 63.5 Å². The van der Waals surface area contributed by atoms with Crippen LogP contribution in [0.3, 0.4) is 0 Å². The fourth-order valence-electron chi connectivity index (χ4n) is 6.97. The minimum absolute atomic E-state index is 0.00874. The molecule has 0 bridgehead atoms. The van der Waals surface area contributed by atoms with Gasteiger partial charge in [0.2, 0.25) is 5.91 Å². The summed E-state index contributed by atoms with van der Waals surface area (Å²) in [5.74, 6) is -0.653. The molecule has 0 spiro atoms. The molecule has 1 saturated carbocycles. The Labute approximate surface area is 280 Å². The molecule has 2 aromatic carbocycles. The van der Waals surface area contributed by atoms with Crippen LogP contribution in [0.5, 0.6) is 0 Å². The second-order valence-electron chi connectivity index (χ2n) is 12.4. The molecule has 4 aromatic rings. The summed E-state index contributed by atoms with van der Waals surface area (Å²) in [6.45, 7) is 7.73. The van der Waals surface area contributed by atoms with Gasteiger partial charge in [-0.1, -0.05) is 12.6 Å². The molecule has 4 heterocycles. The van der Waals surface area contributed by atoms with E-state index in [9.17, 15) is 14.9 Å². The van der Waals surface area contributed by atoms with Gasteiger partial charge in [0.05, 0.1) is 40.1 Å². The smallest absolute Gasteiger partial charge is 0.389 e. The minimum Gasteiger partial charge on any atom is -0.389 e. The highest BCUT2D eigenvalue weighted by molar-refractivity contribution is 7.99. The molecular formula is C33H30F4N6O3S2. The van der Waals surface area contributed by atoms with Gasteiger partial charge < -0.3 is 20.3 Å². The standard InChI is InChI=1S/C33H30F4N6O3S2/c1-4-24(44)43-15(2)11-41(12-16(43)3)31-20-9-22(33(35,36)37)26(19-7-8-23(34)28-25(19)21(10-38)30(39)48-28)29-27(20)42(32(45)40-31)13-18(14-47-29)46-17-5-6-17/h4,7-9,15-18H,1,5-6,11-14,39H2,2-3H3. The van der Waals surface area contributed by atoms with Crippen LogP contribution in [0.15, 0.2) is 40.5 Å². The topological polar surface area (TPSA) is 117 Å². The van der Waals surface area contributed by atoms with E-state index in [4.69, 9.17) is 10.5 Å². The number of fused-ring (bicyclic) bond motifs is 1. The number of halogens is 4. The number of hydrogen-bond donors (Lipinski definition) is 1. The predicted molar refractivity (Wildman–Crippen MR) is 178 cm³/mol. The number of nitrogens with two attached hydrogens (primary N) is 1. The van der Waals surface area contributed by atoms with E-state index in [2.05, 4.69) is 11.6 Å². The number of carbonyl (C=O) groups is 1. The van der Waals surface area contributed by atoms with E-state index < -0.39 is 29.4 Å². The lowest BCUT2D eigenvalue weighted by atomic mass is 9.92. The third-order valence-corrected chi connectivity index (χ3v) is 11.3. The van der Waals surface area contributed by atoms with Gasteiger partial charge in [0.15, 0.2) is 0 Å². The Morgan fingerprint density at radius 2 is 1.90 bits per heavy atom. The molecule has 3 atom stereocenters. The monoisotopic (exact) mass is 698 g/mol. The summed E-state index contributed by atoms with van der Waals surface area (Å²) in [6, 6.07) is 4.55. The summed E-state index contributed by atoms with van der Waals surface area (Å²) < 4.78 is 68.6. The van der Waals surface area contributed by atoms with Crippen molar-refractivity contribution in [2.75, 3.05) is 29.5 Å². The number of hydrogen-bond acceptors (Lipinski definition) is 9. The zero-order valence-electron chi connectivity index (χ0n) is 25.9. The van der Waals surface area contributed by atoms with Gasteiger partial charge >= 0.3 is 11.9 Å². The summed E-state index contributed by atoms with van der Waals surface area (Å²) in [5.41, 5.74) is 4.28. The maximum absolute atomic E-state index is 15.3. The quantitative estimate of drug-likeness (QED) is 0.195. The van der Waals surface area contributed by atoms with Gasteiger partial charge in [0.25, 0.3) is 0 Å². The van der Waals surface area contributed by atoms with E-state index in [0.29, 0.717) is 0 Å². The summed E-state index contributed by atoms with van der Waals surface area (Å²) in [7, 11) is 0. The Balaban J connectivity index is 1.54. The van der Waals surface area contributed by atoms with Crippen LogP contribution in [0.1, 0.15) is 37.8 Å². The molecule has 7 rings (SSSR count). The first-order chi connectivity index (χ1) is 22.8. The van der Waals surface area contributed by atoms with Crippen LogP contribution in [0.4, 0.5) is 28.4 Å². The maximum atomic E-state index is 15.3. The van der Waals surface area contributed by atoms with Crippen molar-refractivity contribution in [3.05, 3.63) is 58.3 Å². The number of ether oxygens (including phenoxy) is 1. The van der Waals surface area contributed by atoms with Crippen molar-refractivity contribution in [3.8, 4) is 17.2 Å². The zero-order valence-corrected chi connectivity index (χ0v) is 27.6. The summed E-state index contributed by atoms with van der Waals surface area (Å²) in [5, 5.41) is 10.1. The fraction of sp³-hybridized carbons (Fsp3) is 0.394. The second kappa shape index (κ2) is 11.8. The zero-order chi connectivity index (χ0) is 34.2. The summed E-state index contributed by atoms with van der Waals surface area (Å²) >= 11 is 1.94. The number of thiophene rings is 1. The van der Waals surface area contributed by atoms with E-state index in [-0.39, 0.29) is 103 Å². The third kappa shape index (κ3) is 5.30. The van der Waals surface area contributed by atoms with E-state index in [1.807, 2.05) is 19.9 Å². The van der Waals surface area contributed by atoms with Crippen molar-refractivity contribution in [2.24, 2.45) is 0 Å². The minimum atomic E-state index is -4.90. The molecule has 3 aliphatic rings. The normalized spacial score (nSPS) is 21.4. The summed E-state index contributed by atoms with van der Waals surface area (Å²) in [4.78, 5) is 34.5. The van der Waals surface area contributed by atoms with Gasteiger partial charge in [-0.25, -0.2) is 9.18 Å². The SMILES string of the molecule is C=CC(=O)N1C(C)CN(c2nc(=O)n3c4c(c(-c5ccc(F)c6sc(N)c(C#N)c56)c(C(F)(F)F)cc24)SCC(OC2CC2)C3)CC1C. The van der Waals surface area contributed by atoms with Crippen LogP contribution in [0, 0.1) is 17.1 Å². The molecule has 15 heteroatoms. The van der Waals surface area contributed by atoms with Gasteiger partial charge in [-0.3, -0.25) is 9.36 Å². The predicted octanol–water partition coefficient (Wildman–Crippen LogP) is 6.15. The van der Waals surface area contributed by atoms with E-state index in [1.54, 1.807) is 9.80 Å². The number of aromatic nitrogens is 2. The number of anilines is 2. The number of amides is 1. The first-order valence-electron chi connectivity index (χ1n) is 15.4. The number of alkyl halides is 3. The maximum Gasteiger partial charge on any atom is 0.417 e. The van der Waals surface area contributed by atoms with Gasteiger partial charge in [0, 0.05) is 52.2 Å². The first kappa shape index (κ1) is 32.4. The number of piperazine rings is 1. The lowest BCUT2D eigenvalue weighted by Gasteiger charge is -2.44. The Kier molecular flexibility index (Phi) is 7.96. The van der Waals surface area contributed by atoms with Crippen LogP contribution in [0.2, 0.25) is 0 Å². The number of nitrogen functional groups attached to an aromatic ring is 1. The van der Waals surface area contributed by atoms with Crippen LogP contribution in [0.25, 0.3) is 32.1 Å². The highest BCUT2D eigenvalue weighted by Crippen LogP contribution is 2.51. The molecule has 48 heavy (non-hydrogen) atoms. The molecule has 0 radical (unpaired) electrons. The Hall–Kier alpha value is -4.13. The van der Waals surface area contributed by atoms with Gasteiger partial charge in [-0.15, -0.1) is 23.1 Å². The average molecular weight is 699 g/mol. The van der Waals surface area contributed by atoms with Crippen molar-refractivity contribution in [2.45, 2.75) is 68.6 Å². The largest absolute Gasteiger partial charge is 0.417 e. The Morgan fingerprint density at radius 1 is 1.19 bits per heavy atom. The van der Waals surface area contributed by atoms with Crippen molar-refractivity contribution in [3.63, 3.8) is 0 Å². The van der Waals surface area contributed by atoms with Crippen molar-refractivity contribution in [1.82, 2.24) is 14.5 Å². The van der Waals surface area contributed by atoms with Gasteiger partial charge in [0.1, 0.15) is 22.7 Å². The molecule has 250 valence electrons. The molecule has 1 saturated heterocycles. The highest BCUT2D eigenvalue weighted by atomic mass is 32.2. The molecule has 2 aromatic heterocycles. The van der Waals surface area contributed by atoms with Crippen LogP contribution in [-0.2, 0) is 22.3 Å². The number of rotatable bonds is 5. The highest BCUT2D eigenvalue weighted by Gasteiger charge is 2.41. The average Bonchev–Trinajstić information content (AvgIpc) is 3.81. The number of benzene rings is 2. The second-order valence-corrected chi connectivity index (χ2v) is 14.5. The molecule has 2 aliphatic heterocycles. The molecule has 1 amide bonds. The molecule has 3 unspecified atom stereocenters.